The Morgan fingerprint density at radius 1 is 1.00 bits per heavy atom. The zero-order valence-electron chi connectivity index (χ0n) is 14.9. The Morgan fingerprint density at radius 3 is 2.38 bits per heavy atom. The maximum Gasteiger partial charge on any atom is 0.262 e. The molecule has 0 atom stereocenters. The van der Waals surface area contributed by atoms with Gasteiger partial charge in [-0.1, -0.05) is 11.6 Å². The molecule has 0 aliphatic rings. The number of nitrogens with zero attached hydrogens (tertiary/aromatic N) is 1. The van der Waals surface area contributed by atoms with E-state index < -0.39 is 10.0 Å². The van der Waals surface area contributed by atoms with Gasteiger partial charge in [0.2, 0.25) is 0 Å². The SMILES string of the molecule is Cc1cc(NS(=O)(=O)c2cc(C)c(Cl)cc2C)cc(-c2ncc(C)s2)c1. The molecule has 0 unspecified atom stereocenters. The van der Waals surface area contributed by atoms with Crippen molar-refractivity contribution < 1.29 is 8.42 Å². The average molecular weight is 407 g/mol. The van der Waals surface area contributed by atoms with Crippen molar-refractivity contribution in [1.29, 1.82) is 0 Å². The number of hydrogen-bond donors (Lipinski definition) is 1. The monoisotopic (exact) mass is 406 g/mol. The average Bonchev–Trinajstić information content (AvgIpc) is 2.96. The summed E-state index contributed by atoms with van der Waals surface area (Å²) in [5.74, 6) is 0. The molecular weight excluding hydrogens is 388 g/mol. The fourth-order valence-corrected chi connectivity index (χ4v) is 5.03. The minimum Gasteiger partial charge on any atom is -0.280 e. The number of halogens is 1. The quantitative estimate of drug-likeness (QED) is 0.622. The molecule has 0 spiro atoms. The Balaban J connectivity index is 2.00. The second-order valence-corrected chi connectivity index (χ2v) is 9.63. The molecule has 0 radical (unpaired) electrons. The predicted octanol–water partition coefficient (Wildman–Crippen LogP) is 5.50. The van der Waals surface area contributed by atoms with Crippen LogP contribution in [0.2, 0.25) is 5.02 Å². The third-order valence-electron chi connectivity index (χ3n) is 3.94. The van der Waals surface area contributed by atoms with E-state index in [1.54, 1.807) is 49.4 Å². The summed E-state index contributed by atoms with van der Waals surface area (Å²) in [4.78, 5) is 5.72. The third kappa shape index (κ3) is 3.92. The molecule has 1 heterocycles. The summed E-state index contributed by atoms with van der Waals surface area (Å²) in [6.07, 6.45) is 1.81. The van der Waals surface area contributed by atoms with Crippen molar-refractivity contribution in [3.8, 4) is 10.6 Å². The number of benzene rings is 2. The lowest BCUT2D eigenvalue weighted by atomic mass is 10.1. The van der Waals surface area contributed by atoms with Crippen molar-refractivity contribution >= 4 is 38.6 Å². The molecule has 7 heteroatoms. The first-order chi connectivity index (χ1) is 12.2. The van der Waals surface area contributed by atoms with Gasteiger partial charge in [-0.05, 0) is 74.7 Å². The van der Waals surface area contributed by atoms with E-state index in [1.165, 1.54) is 0 Å². The van der Waals surface area contributed by atoms with E-state index in [1.807, 2.05) is 26.1 Å². The highest BCUT2D eigenvalue weighted by Gasteiger charge is 2.19. The Morgan fingerprint density at radius 2 is 1.73 bits per heavy atom. The summed E-state index contributed by atoms with van der Waals surface area (Å²) >= 11 is 7.66. The van der Waals surface area contributed by atoms with Gasteiger partial charge in [-0.15, -0.1) is 11.3 Å². The van der Waals surface area contributed by atoms with Crippen LogP contribution in [0.5, 0.6) is 0 Å². The third-order valence-corrected chi connectivity index (χ3v) is 6.84. The van der Waals surface area contributed by atoms with Crippen molar-refractivity contribution in [2.75, 3.05) is 4.72 Å². The first-order valence-electron chi connectivity index (χ1n) is 8.00. The highest BCUT2D eigenvalue weighted by atomic mass is 35.5. The Labute approximate surface area is 162 Å². The van der Waals surface area contributed by atoms with Gasteiger partial charge >= 0.3 is 0 Å². The van der Waals surface area contributed by atoms with Crippen LogP contribution in [-0.4, -0.2) is 13.4 Å². The Kier molecular flexibility index (Phi) is 5.10. The number of sulfonamides is 1. The van der Waals surface area contributed by atoms with Crippen LogP contribution in [0, 0.1) is 27.7 Å². The molecule has 1 N–H and O–H groups in total. The van der Waals surface area contributed by atoms with Crippen LogP contribution in [0.4, 0.5) is 5.69 Å². The molecule has 0 amide bonds. The molecule has 0 aliphatic heterocycles. The first kappa shape index (κ1) is 18.9. The van der Waals surface area contributed by atoms with Gasteiger partial charge in [0, 0.05) is 27.3 Å². The second-order valence-electron chi connectivity index (χ2n) is 6.34. The molecule has 4 nitrogen and oxygen atoms in total. The smallest absolute Gasteiger partial charge is 0.262 e. The van der Waals surface area contributed by atoms with E-state index in [0.717, 1.165) is 26.6 Å². The molecule has 3 aromatic rings. The largest absolute Gasteiger partial charge is 0.280 e. The van der Waals surface area contributed by atoms with Crippen LogP contribution in [0.3, 0.4) is 0 Å². The number of hydrogen-bond acceptors (Lipinski definition) is 4. The lowest BCUT2D eigenvalue weighted by Gasteiger charge is -2.13. The van der Waals surface area contributed by atoms with Crippen LogP contribution in [0.1, 0.15) is 21.6 Å². The normalized spacial score (nSPS) is 11.6. The molecule has 0 saturated heterocycles. The molecule has 2 aromatic carbocycles. The van der Waals surface area contributed by atoms with Crippen molar-refractivity contribution in [3.63, 3.8) is 0 Å². The number of aromatic nitrogens is 1. The fraction of sp³-hybridized carbons (Fsp3) is 0.211. The highest BCUT2D eigenvalue weighted by molar-refractivity contribution is 7.92. The minimum atomic E-state index is -3.72. The zero-order valence-corrected chi connectivity index (χ0v) is 17.3. The maximum atomic E-state index is 12.9. The summed E-state index contributed by atoms with van der Waals surface area (Å²) < 4.78 is 28.4. The van der Waals surface area contributed by atoms with Crippen LogP contribution < -0.4 is 4.72 Å². The Bertz CT molecular complexity index is 1090. The highest BCUT2D eigenvalue weighted by Crippen LogP contribution is 2.30. The molecule has 136 valence electrons. The van der Waals surface area contributed by atoms with Crippen LogP contribution in [0.25, 0.3) is 10.6 Å². The van der Waals surface area contributed by atoms with Crippen molar-refractivity contribution in [1.82, 2.24) is 4.98 Å². The van der Waals surface area contributed by atoms with Gasteiger partial charge < -0.3 is 0 Å². The van der Waals surface area contributed by atoms with Gasteiger partial charge in [0.05, 0.1) is 4.90 Å². The van der Waals surface area contributed by atoms with Crippen molar-refractivity contribution in [2.24, 2.45) is 0 Å². The van der Waals surface area contributed by atoms with Gasteiger partial charge in [-0.2, -0.15) is 0 Å². The summed E-state index contributed by atoms with van der Waals surface area (Å²) in [6.45, 7) is 7.45. The van der Waals surface area contributed by atoms with E-state index in [9.17, 15) is 8.42 Å². The Hall–Kier alpha value is -1.89. The van der Waals surface area contributed by atoms with Crippen LogP contribution in [0.15, 0.2) is 41.4 Å². The standard InChI is InChI=1S/C19H19ClN2O2S2/c1-11-5-15(19-21-10-14(4)25-19)9-16(6-11)22-26(23,24)18-8-12(2)17(20)7-13(18)3/h5-10,22H,1-4H3. The van der Waals surface area contributed by atoms with Crippen LogP contribution >= 0.6 is 22.9 Å². The van der Waals surface area contributed by atoms with Crippen LogP contribution in [-0.2, 0) is 10.0 Å². The van der Waals surface area contributed by atoms with Crippen molar-refractivity contribution in [2.45, 2.75) is 32.6 Å². The summed E-state index contributed by atoms with van der Waals surface area (Å²) in [5, 5.41) is 1.42. The molecular formula is C19H19ClN2O2S2. The first-order valence-corrected chi connectivity index (χ1v) is 10.7. The van der Waals surface area contributed by atoms with E-state index in [-0.39, 0.29) is 4.90 Å². The number of anilines is 1. The molecule has 1 aromatic heterocycles. The number of thiazole rings is 1. The summed E-state index contributed by atoms with van der Waals surface area (Å²) in [5.41, 5.74) is 3.69. The molecule has 0 fully saturated rings. The molecule has 0 bridgehead atoms. The molecule has 0 aliphatic carbocycles. The van der Waals surface area contributed by atoms with Gasteiger partial charge in [0.25, 0.3) is 10.0 Å². The fourth-order valence-electron chi connectivity index (χ4n) is 2.71. The number of rotatable bonds is 4. The molecule has 26 heavy (non-hydrogen) atoms. The lowest BCUT2D eigenvalue weighted by molar-refractivity contribution is 0.600. The number of nitrogens with one attached hydrogen (secondary N) is 1. The van der Waals surface area contributed by atoms with Gasteiger partial charge in [0.1, 0.15) is 5.01 Å². The molecule has 3 rings (SSSR count). The minimum absolute atomic E-state index is 0.229. The van der Waals surface area contributed by atoms with E-state index in [4.69, 9.17) is 11.6 Å². The zero-order chi connectivity index (χ0) is 19.1. The maximum absolute atomic E-state index is 12.9. The summed E-state index contributed by atoms with van der Waals surface area (Å²) in [7, 11) is -3.72. The van der Waals surface area contributed by atoms with E-state index in [0.29, 0.717) is 16.3 Å². The molecule has 0 saturated carbocycles. The van der Waals surface area contributed by atoms with Crippen molar-refractivity contribution in [3.05, 3.63) is 63.1 Å². The van der Waals surface area contributed by atoms with E-state index >= 15 is 0 Å². The number of aryl methyl sites for hydroxylation is 4. The van der Waals surface area contributed by atoms with E-state index in [2.05, 4.69) is 9.71 Å². The van der Waals surface area contributed by atoms with Gasteiger partial charge in [0.15, 0.2) is 0 Å². The van der Waals surface area contributed by atoms with Gasteiger partial charge in [-0.25, -0.2) is 13.4 Å². The predicted molar refractivity (Wildman–Crippen MR) is 109 cm³/mol. The summed E-state index contributed by atoms with van der Waals surface area (Å²) in [6, 6.07) is 8.88. The van der Waals surface area contributed by atoms with Gasteiger partial charge in [-0.3, -0.25) is 4.72 Å². The topological polar surface area (TPSA) is 59.1 Å². The lowest BCUT2D eigenvalue weighted by Crippen LogP contribution is -2.14. The second kappa shape index (κ2) is 7.02.